The molecule has 112 valence electrons. The third-order valence-electron chi connectivity index (χ3n) is 2.94. The molecule has 7 heteroatoms. The van der Waals surface area contributed by atoms with Gasteiger partial charge in [-0.1, -0.05) is 17.7 Å². The maximum absolute atomic E-state index is 11.0. The Labute approximate surface area is 127 Å². The molecule has 0 atom stereocenters. The van der Waals surface area contributed by atoms with E-state index in [0.717, 1.165) is 17.8 Å². The molecule has 0 saturated carbocycles. The smallest absolute Gasteiger partial charge is 0.269 e. The molecule has 3 N–H and O–H groups in total. The number of primary amides is 1. The number of nitrogens with zero attached hydrogens (tertiary/aromatic N) is 2. The molecule has 21 heavy (non-hydrogen) atoms. The van der Waals surface area contributed by atoms with Crippen LogP contribution in [0.5, 0.6) is 0 Å². The van der Waals surface area contributed by atoms with E-state index in [4.69, 9.17) is 22.1 Å². The first-order valence-electron chi connectivity index (χ1n) is 6.45. The summed E-state index contributed by atoms with van der Waals surface area (Å²) in [5.41, 5.74) is 7.15. The molecule has 0 radical (unpaired) electrons. The van der Waals surface area contributed by atoms with Gasteiger partial charge < -0.3 is 15.8 Å². The monoisotopic (exact) mass is 308 g/mol. The largest absolute Gasteiger partial charge is 0.383 e. The summed E-state index contributed by atoms with van der Waals surface area (Å²) in [7, 11) is 1.66. The van der Waals surface area contributed by atoms with E-state index in [2.05, 4.69) is 10.4 Å². The summed E-state index contributed by atoms with van der Waals surface area (Å²) in [6.45, 7) is 2.07. The van der Waals surface area contributed by atoms with Gasteiger partial charge in [-0.05, 0) is 23.8 Å². The Bertz CT molecular complexity index is 627. The minimum Gasteiger partial charge on any atom is -0.383 e. The highest BCUT2D eigenvalue weighted by Crippen LogP contribution is 2.20. The lowest BCUT2D eigenvalue weighted by atomic mass is 10.2. The second-order valence-corrected chi connectivity index (χ2v) is 4.86. The van der Waals surface area contributed by atoms with Crippen LogP contribution in [0.4, 0.5) is 0 Å². The fourth-order valence-electron chi connectivity index (χ4n) is 1.82. The van der Waals surface area contributed by atoms with Crippen LogP contribution in [0.25, 0.3) is 5.69 Å². The number of halogens is 1. The van der Waals surface area contributed by atoms with E-state index in [1.54, 1.807) is 30.1 Å². The van der Waals surface area contributed by atoms with Crippen molar-refractivity contribution in [2.45, 2.75) is 6.54 Å². The van der Waals surface area contributed by atoms with Gasteiger partial charge in [0, 0.05) is 31.4 Å². The van der Waals surface area contributed by atoms with Crippen LogP contribution in [0.15, 0.2) is 30.5 Å². The summed E-state index contributed by atoms with van der Waals surface area (Å²) in [5, 5.41) is 7.95. The molecule has 0 fully saturated rings. The zero-order chi connectivity index (χ0) is 15.2. The molecule has 6 nitrogen and oxygen atoms in total. The number of hydrogen-bond acceptors (Lipinski definition) is 4. The van der Waals surface area contributed by atoms with Crippen LogP contribution in [0.3, 0.4) is 0 Å². The minimum absolute atomic E-state index is 0.219. The molecule has 0 aliphatic carbocycles. The van der Waals surface area contributed by atoms with Crippen LogP contribution in [0, 0.1) is 0 Å². The molecule has 2 rings (SSSR count). The van der Waals surface area contributed by atoms with Crippen LogP contribution in [0.2, 0.25) is 5.02 Å². The number of nitrogens with two attached hydrogens (primary N) is 1. The van der Waals surface area contributed by atoms with Gasteiger partial charge in [-0.15, -0.1) is 0 Å². The van der Waals surface area contributed by atoms with Crippen molar-refractivity contribution in [3.8, 4) is 5.69 Å². The quantitative estimate of drug-likeness (QED) is 0.757. The molecule has 1 amide bonds. The fraction of sp³-hybridized carbons (Fsp3) is 0.286. The molecule has 0 aliphatic heterocycles. The second-order valence-electron chi connectivity index (χ2n) is 4.46. The minimum atomic E-state index is -0.557. The highest BCUT2D eigenvalue weighted by molar-refractivity contribution is 6.31. The lowest BCUT2D eigenvalue weighted by Crippen LogP contribution is -2.18. The molecular formula is C14H17ClN4O2. The van der Waals surface area contributed by atoms with Crippen molar-refractivity contribution in [3.63, 3.8) is 0 Å². The van der Waals surface area contributed by atoms with Gasteiger partial charge in [-0.2, -0.15) is 5.10 Å². The summed E-state index contributed by atoms with van der Waals surface area (Å²) in [4.78, 5) is 11.0. The van der Waals surface area contributed by atoms with Gasteiger partial charge in [0.05, 0.1) is 12.3 Å². The predicted octanol–water partition coefficient (Wildman–Crippen LogP) is 1.36. The van der Waals surface area contributed by atoms with Crippen LogP contribution >= 0.6 is 11.6 Å². The Hall–Kier alpha value is -1.89. The van der Waals surface area contributed by atoms with Gasteiger partial charge in [-0.3, -0.25) is 4.79 Å². The average molecular weight is 309 g/mol. The standard InChI is InChI=1S/C14H17ClN4O2/c1-21-7-5-17-9-10-2-3-11(8-12(10)15)19-6-4-13(18-19)14(16)20/h2-4,6,8,17H,5,7,9H2,1H3,(H2,16,20). The van der Waals surface area contributed by atoms with E-state index < -0.39 is 5.91 Å². The first-order valence-corrected chi connectivity index (χ1v) is 6.83. The van der Waals surface area contributed by atoms with E-state index in [0.29, 0.717) is 18.2 Å². The van der Waals surface area contributed by atoms with E-state index in [1.807, 2.05) is 12.1 Å². The van der Waals surface area contributed by atoms with Crippen LogP contribution in [-0.4, -0.2) is 35.9 Å². The third kappa shape index (κ3) is 4.04. The number of benzene rings is 1. The Morgan fingerprint density at radius 2 is 2.29 bits per heavy atom. The van der Waals surface area contributed by atoms with Crippen molar-refractivity contribution in [1.29, 1.82) is 0 Å². The van der Waals surface area contributed by atoms with Crippen molar-refractivity contribution < 1.29 is 9.53 Å². The zero-order valence-corrected chi connectivity index (χ0v) is 12.4. The van der Waals surface area contributed by atoms with Gasteiger partial charge in [0.15, 0.2) is 0 Å². The van der Waals surface area contributed by atoms with Crippen molar-refractivity contribution in [2.75, 3.05) is 20.3 Å². The molecular weight excluding hydrogens is 292 g/mol. The SMILES string of the molecule is COCCNCc1ccc(-n2ccc(C(N)=O)n2)cc1Cl. The van der Waals surface area contributed by atoms with Crippen molar-refractivity contribution in [1.82, 2.24) is 15.1 Å². The molecule has 0 aliphatic rings. The number of amides is 1. The summed E-state index contributed by atoms with van der Waals surface area (Å²) < 4.78 is 6.53. The first-order chi connectivity index (χ1) is 10.1. The summed E-state index contributed by atoms with van der Waals surface area (Å²) in [5.74, 6) is -0.557. The summed E-state index contributed by atoms with van der Waals surface area (Å²) in [6, 6.07) is 7.17. The summed E-state index contributed by atoms with van der Waals surface area (Å²) >= 11 is 6.26. The van der Waals surface area contributed by atoms with Gasteiger partial charge in [0.1, 0.15) is 5.69 Å². The van der Waals surface area contributed by atoms with E-state index in [9.17, 15) is 4.79 Å². The highest BCUT2D eigenvalue weighted by atomic mass is 35.5. The predicted molar refractivity (Wildman–Crippen MR) is 80.7 cm³/mol. The molecule has 1 aromatic heterocycles. The van der Waals surface area contributed by atoms with Gasteiger partial charge in [0.25, 0.3) is 5.91 Å². The van der Waals surface area contributed by atoms with Crippen molar-refractivity contribution in [2.24, 2.45) is 5.73 Å². The Balaban J connectivity index is 2.08. The fourth-order valence-corrected chi connectivity index (χ4v) is 2.06. The average Bonchev–Trinajstić information content (AvgIpc) is 2.95. The Morgan fingerprint density at radius 1 is 1.48 bits per heavy atom. The van der Waals surface area contributed by atoms with E-state index >= 15 is 0 Å². The van der Waals surface area contributed by atoms with Gasteiger partial charge in [0.2, 0.25) is 0 Å². The number of ether oxygens (including phenoxy) is 1. The number of hydrogen-bond donors (Lipinski definition) is 2. The number of methoxy groups -OCH3 is 1. The maximum atomic E-state index is 11.0. The van der Waals surface area contributed by atoms with Crippen LogP contribution in [0.1, 0.15) is 16.1 Å². The normalized spacial score (nSPS) is 10.8. The lowest BCUT2D eigenvalue weighted by molar-refractivity contribution is 0.0995. The zero-order valence-electron chi connectivity index (χ0n) is 11.7. The van der Waals surface area contributed by atoms with Gasteiger partial charge >= 0.3 is 0 Å². The lowest BCUT2D eigenvalue weighted by Gasteiger charge is -2.08. The molecule has 0 saturated heterocycles. The van der Waals surface area contributed by atoms with Crippen LogP contribution in [-0.2, 0) is 11.3 Å². The van der Waals surface area contributed by atoms with E-state index in [-0.39, 0.29) is 5.69 Å². The molecule has 0 unspecified atom stereocenters. The van der Waals surface area contributed by atoms with Gasteiger partial charge in [-0.25, -0.2) is 4.68 Å². The topological polar surface area (TPSA) is 82.2 Å². The van der Waals surface area contributed by atoms with E-state index in [1.165, 1.54) is 0 Å². The number of rotatable bonds is 7. The first kappa shape index (κ1) is 15.5. The summed E-state index contributed by atoms with van der Waals surface area (Å²) in [6.07, 6.45) is 1.67. The van der Waals surface area contributed by atoms with Crippen molar-refractivity contribution in [3.05, 3.63) is 46.7 Å². The molecule has 1 heterocycles. The number of carbonyl (C=O) groups is 1. The Kier molecular flexibility index (Phi) is 5.32. The third-order valence-corrected chi connectivity index (χ3v) is 3.29. The van der Waals surface area contributed by atoms with Crippen molar-refractivity contribution >= 4 is 17.5 Å². The number of carbonyl (C=O) groups excluding carboxylic acids is 1. The molecule has 0 bridgehead atoms. The number of nitrogens with one attached hydrogen (secondary N) is 1. The second kappa shape index (κ2) is 7.21. The Morgan fingerprint density at radius 3 is 2.90 bits per heavy atom. The molecule has 1 aromatic carbocycles. The van der Waals surface area contributed by atoms with Crippen LogP contribution < -0.4 is 11.1 Å². The highest BCUT2D eigenvalue weighted by Gasteiger charge is 2.08. The number of aromatic nitrogens is 2. The molecule has 2 aromatic rings. The maximum Gasteiger partial charge on any atom is 0.269 e. The molecule has 0 spiro atoms.